The molecule has 18 nitrogen and oxygen atoms in total. The molecule has 3 saturated heterocycles. The first-order valence-electron chi connectivity index (χ1n) is 32.6. The molecule has 3 aliphatic rings. The maximum Gasteiger partial charge on any atom is 0.303 e. The van der Waals surface area contributed by atoms with Crippen LogP contribution < -0.4 is 0 Å². The number of hydrogen-bond donors (Lipinski definition) is 1. The van der Waals surface area contributed by atoms with Gasteiger partial charge in [-0.3, -0.25) is 9.59 Å². The van der Waals surface area contributed by atoms with Gasteiger partial charge in [0.25, 0.3) is 0 Å². The normalized spacial score (nSPS) is 25.8. The van der Waals surface area contributed by atoms with Crippen LogP contribution in [0.1, 0.15) is 58.4 Å². The highest BCUT2D eigenvalue weighted by Gasteiger charge is 2.56. The maximum absolute atomic E-state index is 13.7. The van der Waals surface area contributed by atoms with Crippen molar-refractivity contribution in [1.82, 2.24) is 0 Å². The van der Waals surface area contributed by atoms with Gasteiger partial charge in [-0.1, -0.05) is 243 Å². The zero-order valence-electron chi connectivity index (χ0n) is 53.9. The Morgan fingerprint density at radius 2 is 0.552 bits per heavy atom. The zero-order valence-corrected chi connectivity index (χ0v) is 53.9. The number of ether oxygens (including phenoxy) is 15. The number of aliphatic hydroxyl groups is 1. The third-order valence-corrected chi connectivity index (χ3v) is 16.6. The second-order valence-electron chi connectivity index (χ2n) is 23.8. The Morgan fingerprint density at radius 3 is 0.875 bits per heavy atom. The summed E-state index contributed by atoms with van der Waals surface area (Å²) in [5.74, 6) is -1.29. The average molecular weight is 1310 g/mol. The van der Waals surface area contributed by atoms with Gasteiger partial charge >= 0.3 is 11.9 Å². The third-order valence-electron chi connectivity index (χ3n) is 16.6. The van der Waals surface area contributed by atoms with Crippen LogP contribution in [0.25, 0.3) is 0 Å². The summed E-state index contributed by atoms with van der Waals surface area (Å²) in [6, 6.07) is 77.1. The van der Waals surface area contributed by atoms with Crippen molar-refractivity contribution in [3.8, 4) is 0 Å². The molecule has 0 radical (unpaired) electrons. The van der Waals surface area contributed by atoms with Gasteiger partial charge in [0.1, 0.15) is 61.0 Å². The molecule has 504 valence electrons. The number of carbonyl (C=O) groups is 2. The van der Waals surface area contributed by atoms with Crippen molar-refractivity contribution >= 4 is 11.9 Å². The van der Waals surface area contributed by atoms with E-state index in [9.17, 15) is 14.7 Å². The van der Waals surface area contributed by atoms with Gasteiger partial charge in [-0.15, -0.1) is 0 Å². The summed E-state index contributed by atoms with van der Waals surface area (Å²) in [6.07, 6.45) is -18.0. The topological polar surface area (TPSA) is 193 Å². The monoisotopic (exact) mass is 1310 g/mol. The zero-order chi connectivity index (χ0) is 66.1. The molecule has 0 saturated carbocycles. The highest BCUT2D eigenvalue weighted by atomic mass is 16.8. The third kappa shape index (κ3) is 20.4. The maximum atomic E-state index is 13.7. The van der Waals surface area contributed by atoms with Crippen LogP contribution in [0, 0.1) is 0 Å². The Bertz CT molecular complexity index is 3490. The van der Waals surface area contributed by atoms with E-state index < -0.39 is 104 Å². The van der Waals surface area contributed by atoms with Gasteiger partial charge in [0.05, 0.1) is 72.7 Å². The Kier molecular flexibility index (Phi) is 26.4. The van der Waals surface area contributed by atoms with E-state index in [4.69, 9.17) is 71.1 Å². The van der Waals surface area contributed by atoms with E-state index >= 15 is 0 Å². The second-order valence-corrected chi connectivity index (χ2v) is 23.8. The first kappa shape index (κ1) is 69.5. The Balaban J connectivity index is 0.962. The fourth-order valence-electron chi connectivity index (χ4n) is 11.9. The molecule has 0 aromatic heterocycles. The van der Waals surface area contributed by atoms with Crippen molar-refractivity contribution in [3.63, 3.8) is 0 Å². The Hall–Kier alpha value is -7.86. The molecule has 0 amide bonds. The summed E-state index contributed by atoms with van der Waals surface area (Å²) in [5.41, 5.74) is 6.90. The lowest BCUT2D eigenvalue weighted by Gasteiger charge is -2.50. The molecule has 96 heavy (non-hydrogen) atoms. The van der Waals surface area contributed by atoms with Crippen LogP contribution in [0.5, 0.6) is 0 Å². The molecule has 15 atom stereocenters. The van der Waals surface area contributed by atoms with E-state index in [-0.39, 0.29) is 72.7 Å². The van der Waals surface area contributed by atoms with Crippen molar-refractivity contribution in [2.75, 3.05) is 19.8 Å². The van der Waals surface area contributed by atoms with E-state index in [0.29, 0.717) is 0 Å². The SMILES string of the molecule is CC(=O)OC1C(OCc2ccccc2)[C@H](OCc2ccccc2)C(COCc2ccccc2)O[C@@H]1OC1C(OCc2ccccc2)[C@@H](O)OC(CO[C@H]2OC(COCc3ccccc3)[C@@H](OCc3ccccc3)C(OCc3ccccc3)C2OC(C)=O)[C@H]1OCc1ccccc1. The molecule has 3 heterocycles. The van der Waals surface area contributed by atoms with E-state index in [1.165, 1.54) is 13.8 Å². The predicted octanol–water partition coefficient (Wildman–Crippen LogP) is 11.4. The summed E-state index contributed by atoms with van der Waals surface area (Å²) in [5, 5.41) is 12.7. The van der Waals surface area contributed by atoms with Crippen molar-refractivity contribution < 1.29 is 85.7 Å². The van der Waals surface area contributed by atoms with Gasteiger partial charge in [-0.05, 0) is 44.5 Å². The van der Waals surface area contributed by atoms with Crippen LogP contribution in [-0.4, -0.2) is 129 Å². The smallest absolute Gasteiger partial charge is 0.303 e. The molecule has 3 fully saturated rings. The van der Waals surface area contributed by atoms with E-state index in [0.717, 1.165) is 44.5 Å². The van der Waals surface area contributed by atoms with Gasteiger partial charge < -0.3 is 76.2 Å². The van der Waals surface area contributed by atoms with E-state index in [2.05, 4.69) is 0 Å². The Labute approximate surface area is 561 Å². The molecule has 11 rings (SSSR count). The fraction of sp³-hybridized carbons (Fsp3) is 0.359. The van der Waals surface area contributed by atoms with Crippen molar-refractivity contribution in [2.24, 2.45) is 0 Å². The summed E-state index contributed by atoms with van der Waals surface area (Å²) in [6.45, 7) is 3.14. The number of rotatable bonds is 33. The van der Waals surface area contributed by atoms with Crippen LogP contribution in [-0.2, 0) is 133 Å². The van der Waals surface area contributed by atoms with Gasteiger partial charge in [-0.25, -0.2) is 0 Å². The lowest BCUT2D eigenvalue weighted by Crippen LogP contribution is -2.67. The van der Waals surface area contributed by atoms with Crippen molar-refractivity contribution in [3.05, 3.63) is 287 Å². The molecule has 18 heteroatoms. The molecule has 3 aliphatic heterocycles. The summed E-state index contributed by atoms with van der Waals surface area (Å²) in [4.78, 5) is 27.2. The minimum Gasteiger partial charge on any atom is -0.454 e. The van der Waals surface area contributed by atoms with E-state index in [1.807, 2.05) is 243 Å². The van der Waals surface area contributed by atoms with Gasteiger partial charge in [-0.2, -0.15) is 0 Å². The largest absolute Gasteiger partial charge is 0.454 e. The Morgan fingerprint density at radius 1 is 0.292 bits per heavy atom. The van der Waals surface area contributed by atoms with Gasteiger partial charge in [0.15, 0.2) is 31.1 Å². The summed E-state index contributed by atoms with van der Waals surface area (Å²) < 4.78 is 102. The number of benzene rings is 8. The molecule has 0 aliphatic carbocycles. The first-order valence-corrected chi connectivity index (χ1v) is 32.6. The number of aliphatic hydroxyl groups excluding tert-OH is 1. The van der Waals surface area contributed by atoms with Crippen LogP contribution >= 0.6 is 0 Å². The lowest BCUT2D eigenvalue weighted by atomic mass is 9.95. The molecule has 9 unspecified atom stereocenters. The molecule has 8 aromatic rings. The molecular weight excluding hydrogens is 1220 g/mol. The van der Waals surface area contributed by atoms with Crippen LogP contribution in [0.2, 0.25) is 0 Å². The predicted molar refractivity (Wildman–Crippen MR) is 352 cm³/mol. The highest BCUT2D eigenvalue weighted by molar-refractivity contribution is 5.66. The highest BCUT2D eigenvalue weighted by Crippen LogP contribution is 2.38. The standard InChI is InChI=1S/C78H84O18/c1-54(79)91-74-70(87-48-61-37-21-8-22-38-61)67(84-45-58-31-15-5-16-32-58)64(51-82-43-56-27-11-3-12-28-56)94-77(74)90-53-66-69(86-47-60-35-19-7-20-36-60)72(73(76(81)93-66)89-50-63-41-25-10-26-42-63)96-78-75(92-55(2)80)71(88-49-62-39-23-9-24-40-62)68(85-46-59-33-17-6-18-34-59)65(95-78)52-83-44-57-29-13-4-14-30-57/h3-42,64-78,81H,43-53H2,1-2H3/t64?,65?,66?,67-,68-,69-,70?,71?,72?,73?,74?,75?,76+,77+,78-/m1/s1. The second kappa shape index (κ2) is 36.5. The van der Waals surface area contributed by atoms with Crippen LogP contribution in [0.4, 0.5) is 0 Å². The van der Waals surface area contributed by atoms with Crippen molar-refractivity contribution in [2.45, 2.75) is 159 Å². The van der Waals surface area contributed by atoms with Gasteiger partial charge in [0, 0.05) is 13.8 Å². The molecule has 0 bridgehead atoms. The molecular formula is C78H84O18. The summed E-state index contributed by atoms with van der Waals surface area (Å²) >= 11 is 0. The van der Waals surface area contributed by atoms with Gasteiger partial charge in [0.2, 0.25) is 0 Å². The quantitative estimate of drug-likeness (QED) is 0.0381. The molecule has 1 N–H and O–H groups in total. The van der Waals surface area contributed by atoms with Crippen LogP contribution in [0.15, 0.2) is 243 Å². The molecule has 8 aromatic carbocycles. The average Bonchev–Trinajstić information content (AvgIpc) is 0.794. The van der Waals surface area contributed by atoms with Crippen LogP contribution in [0.3, 0.4) is 0 Å². The number of hydrogen-bond acceptors (Lipinski definition) is 18. The number of esters is 2. The lowest BCUT2D eigenvalue weighted by molar-refractivity contribution is -0.376. The minimum atomic E-state index is -1.73. The van der Waals surface area contributed by atoms with Crippen molar-refractivity contribution in [1.29, 1.82) is 0 Å². The minimum absolute atomic E-state index is 0.00138. The molecule has 0 spiro atoms. The first-order chi connectivity index (χ1) is 47.2. The summed E-state index contributed by atoms with van der Waals surface area (Å²) in [7, 11) is 0. The van der Waals surface area contributed by atoms with E-state index in [1.54, 1.807) is 0 Å². The number of carbonyl (C=O) groups excluding carboxylic acids is 2. The fourth-order valence-corrected chi connectivity index (χ4v) is 11.9.